The topological polar surface area (TPSA) is 69.7 Å². The maximum absolute atomic E-state index is 12.7. The highest BCUT2D eigenvalue weighted by molar-refractivity contribution is 7.87. The Morgan fingerprint density at radius 2 is 1.43 bits per heavy atom. The molecular formula is C23H15ClO5S. The molecule has 0 unspecified atom stereocenters. The maximum atomic E-state index is 12.7. The second-order valence-corrected chi connectivity index (χ2v) is 8.37. The Morgan fingerprint density at radius 1 is 0.767 bits per heavy atom. The third kappa shape index (κ3) is 4.30. The van der Waals surface area contributed by atoms with Gasteiger partial charge in [0.05, 0.1) is 0 Å². The summed E-state index contributed by atoms with van der Waals surface area (Å²) in [5.74, 6) is -0.514. The van der Waals surface area contributed by atoms with Gasteiger partial charge in [0.1, 0.15) is 16.2 Å². The fraction of sp³-hybridized carbons (Fsp3) is 0. The van der Waals surface area contributed by atoms with E-state index >= 15 is 0 Å². The molecule has 7 heteroatoms. The van der Waals surface area contributed by atoms with Crippen LogP contribution < -0.4 is 8.92 Å². The van der Waals surface area contributed by atoms with Gasteiger partial charge in [-0.3, -0.25) is 0 Å². The van der Waals surface area contributed by atoms with E-state index in [4.69, 9.17) is 20.5 Å². The van der Waals surface area contributed by atoms with Crippen LogP contribution in [0.5, 0.6) is 11.5 Å². The quantitative estimate of drug-likeness (QED) is 0.234. The van der Waals surface area contributed by atoms with Gasteiger partial charge in [0, 0.05) is 5.02 Å². The number of carbonyl (C=O) groups is 1. The minimum atomic E-state index is -4.15. The van der Waals surface area contributed by atoms with Crippen molar-refractivity contribution in [3.63, 3.8) is 0 Å². The third-order valence-electron chi connectivity index (χ3n) is 4.34. The van der Waals surface area contributed by atoms with Crippen molar-refractivity contribution in [2.24, 2.45) is 0 Å². The predicted molar refractivity (Wildman–Crippen MR) is 115 cm³/mol. The zero-order chi connectivity index (χ0) is 21.1. The van der Waals surface area contributed by atoms with Crippen LogP contribution in [0.3, 0.4) is 0 Å². The van der Waals surface area contributed by atoms with Crippen molar-refractivity contribution in [1.29, 1.82) is 0 Å². The highest BCUT2D eigenvalue weighted by atomic mass is 35.5. The molecule has 0 aliphatic heterocycles. The summed E-state index contributed by atoms with van der Waals surface area (Å²) in [6.45, 7) is 0. The maximum Gasteiger partial charge on any atom is 0.347 e. The van der Waals surface area contributed by atoms with Gasteiger partial charge in [-0.2, -0.15) is 8.42 Å². The molecule has 0 saturated carbocycles. The molecule has 5 nitrogen and oxygen atoms in total. The normalized spacial score (nSPS) is 11.2. The Labute approximate surface area is 178 Å². The molecule has 0 heterocycles. The summed E-state index contributed by atoms with van der Waals surface area (Å²) >= 11 is 5.81. The zero-order valence-electron chi connectivity index (χ0n) is 15.5. The van der Waals surface area contributed by atoms with Crippen LogP contribution in [0.1, 0.15) is 10.4 Å². The predicted octanol–water partition coefficient (Wildman–Crippen LogP) is 5.48. The lowest BCUT2D eigenvalue weighted by molar-refractivity contribution is 0.0733. The Bertz CT molecular complexity index is 1330. The number of ether oxygens (including phenoxy) is 1. The monoisotopic (exact) mass is 438 g/mol. The van der Waals surface area contributed by atoms with Gasteiger partial charge in [-0.15, -0.1) is 0 Å². The summed E-state index contributed by atoms with van der Waals surface area (Å²) in [6, 6.07) is 24.5. The van der Waals surface area contributed by atoms with Crippen molar-refractivity contribution in [2.45, 2.75) is 4.90 Å². The molecule has 0 fully saturated rings. The second-order valence-electron chi connectivity index (χ2n) is 6.39. The Hall–Kier alpha value is -3.35. The Kier molecular flexibility index (Phi) is 5.44. The van der Waals surface area contributed by atoms with E-state index in [9.17, 15) is 13.2 Å². The molecule has 0 radical (unpaired) electrons. The van der Waals surface area contributed by atoms with Crippen molar-refractivity contribution in [1.82, 2.24) is 0 Å². The number of halogens is 1. The van der Waals surface area contributed by atoms with Crippen molar-refractivity contribution in [3.05, 3.63) is 102 Å². The lowest BCUT2D eigenvalue weighted by Gasteiger charge is -2.11. The van der Waals surface area contributed by atoms with Gasteiger partial charge in [0.25, 0.3) is 0 Å². The lowest BCUT2D eigenvalue weighted by Crippen LogP contribution is -2.15. The van der Waals surface area contributed by atoms with Gasteiger partial charge < -0.3 is 8.92 Å². The number of hydrogen-bond acceptors (Lipinski definition) is 5. The summed E-state index contributed by atoms with van der Waals surface area (Å²) in [6.07, 6.45) is 0. The first-order chi connectivity index (χ1) is 14.4. The van der Waals surface area contributed by atoms with Gasteiger partial charge >= 0.3 is 16.1 Å². The van der Waals surface area contributed by atoms with E-state index < -0.39 is 16.1 Å². The van der Waals surface area contributed by atoms with E-state index in [1.807, 2.05) is 30.3 Å². The SMILES string of the molecule is O=C(Oc1ccc2ccccc2c1)c1ccccc1OS(=O)(=O)c1ccc(Cl)cc1. The summed E-state index contributed by atoms with van der Waals surface area (Å²) in [5, 5.41) is 2.32. The van der Waals surface area contributed by atoms with Crippen LogP contribution in [0.25, 0.3) is 10.8 Å². The van der Waals surface area contributed by atoms with Crippen LogP contribution in [0.4, 0.5) is 0 Å². The summed E-state index contributed by atoms with van der Waals surface area (Å²) in [7, 11) is -4.15. The number of hydrogen-bond donors (Lipinski definition) is 0. The van der Waals surface area contributed by atoms with Crippen molar-refractivity contribution in [3.8, 4) is 11.5 Å². The van der Waals surface area contributed by atoms with Gasteiger partial charge in [0.15, 0.2) is 5.75 Å². The molecule has 0 aliphatic rings. The van der Waals surface area contributed by atoms with E-state index in [1.165, 1.54) is 36.4 Å². The van der Waals surface area contributed by atoms with Crippen LogP contribution in [0.2, 0.25) is 5.02 Å². The Morgan fingerprint density at radius 3 is 2.20 bits per heavy atom. The zero-order valence-corrected chi connectivity index (χ0v) is 17.1. The standard InChI is InChI=1S/C23H15ClO5S/c24-18-10-13-20(14-11-18)30(26,27)29-22-8-4-3-7-21(22)23(25)28-19-12-9-16-5-1-2-6-17(16)15-19/h1-15H. The fourth-order valence-corrected chi connectivity index (χ4v) is 3.94. The smallest absolute Gasteiger partial charge is 0.347 e. The van der Waals surface area contributed by atoms with E-state index in [2.05, 4.69) is 0 Å². The first kappa shape index (κ1) is 19.9. The fourth-order valence-electron chi connectivity index (χ4n) is 2.87. The van der Waals surface area contributed by atoms with E-state index in [1.54, 1.807) is 24.3 Å². The molecule has 0 spiro atoms. The average molecular weight is 439 g/mol. The largest absolute Gasteiger partial charge is 0.423 e. The van der Waals surface area contributed by atoms with Crippen molar-refractivity contribution >= 4 is 38.5 Å². The van der Waals surface area contributed by atoms with Crippen LogP contribution in [-0.4, -0.2) is 14.4 Å². The highest BCUT2D eigenvalue weighted by Gasteiger charge is 2.22. The molecule has 0 N–H and O–H groups in total. The molecule has 4 aromatic rings. The minimum Gasteiger partial charge on any atom is -0.423 e. The summed E-state index contributed by atoms with van der Waals surface area (Å²) in [4.78, 5) is 12.6. The van der Waals surface area contributed by atoms with Gasteiger partial charge in [-0.05, 0) is 59.3 Å². The number of carbonyl (C=O) groups excluding carboxylic acids is 1. The van der Waals surface area contributed by atoms with Crippen LogP contribution >= 0.6 is 11.6 Å². The number of esters is 1. The summed E-state index contributed by atoms with van der Waals surface area (Å²) < 4.78 is 35.8. The lowest BCUT2D eigenvalue weighted by atomic mass is 10.1. The molecule has 0 aliphatic carbocycles. The number of rotatable bonds is 5. The molecule has 0 aromatic heterocycles. The van der Waals surface area contributed by atoms with Crippen molar-refractivity contribution < 1.29 is 22.1 Å². The molecule has 4 rings (SSSR count). The minimum absolute atomic E-state index is 0.0109. The van der Waals surface area contributed by atoms with E-state index in [-0.39, 0.29) is 16.2 Å². The highest BCUT2D eigenvalue weighted by Crippen LogP contribution is 2.26. The molecule has 30 heavy (non-hydrogen) atoms. The van der Waals surface area contributed by atoms with Gasteiger partial charge in [0.2, 0.25) is 0 Å². The van der Waals surface area contributed by atoms with Crippen LogP contribution in [-0.2, 0) is 10.1 Å². The van der Waals surface area contributed by atoms with E-state index in [0.29, 0.717) is 10.8 Å². The third-order valence-corrected chi connectivity index (χ3v) is 5.84. The number of benzene rings is 4. The molecule has 0 bridgehead atoms. The van der Waals surface area contributed by atoms with Crippen molar-refractivity contribution in [2.75, 3.05) is 0 Å². The molecule has 0 saturated heterocycles. The molecular weight excluding hydrogens is 424 g/mol. The molecule has 0 atom stereocenters. The summed E-state index contributed by atoms with van der Waals surface area (Å²) in [5.41, 5.74) is -0.0109. The number of fused-ring (bicyclic) bond motifs is 1. The molecule has 150 valence electrons. The average Bonchev–Trinajstić information content (AvgIpc) is 2.74. The molecule has 0 amide bonds. The van der Waals surface area contributed by atoms with Gasteiger partial charge in [-0.25, -0.2) is 4.79 Å². The first-order valence-corrected chi connectivity index (χ1v) is 10.7. The second kappa shape index (κ2) is 8.18. The van der Waals surface area contributed by atoms with Gasteiger partial charge in [-0.1, -0.05) is 54.1 Å². The Balaban J connectivity index is 1.60. The first-order valence-electron chi connectivity index (χ1n) is 8.92. The van der Waals surface area contributed by atoms with Crippen LogP contribution in [0.15, 0.2) is 95.9 Å². The number of para-hydroxylation sites is 1. The van der Waals surface area contributed by atoms with Crippen LogP contribution in [0, 0.1) is 0 Å². The molecule has 4 aromatic carbocycles. The van der Waals surface area contributed by atoms with E-state index in [0.717, 1.165) is 10.8 Å².